The second-order valence-electron chi connectivity index (χ2n) is 6.38. The average Bonchev–Trinajstić information content (AvgIpc) is 2.35. The fourth-order valence-electron chi connectivity index (χ4n) is 3.31. The summed E-state index contributed by atoms with van der Waals surface area (Å²) < 4.78 is 0. The Labute approximate surface area is 111 Å². The van der Waals surface area contributed by atoms with Crippen LogP contribution in [0.4, 0.5) is 0 Å². The number of hydrogen-bond donors (Lipinski definition) is 2. The maximum Gasteiger partial charge on any atom is 0.0615 e. The van der Waals surface area contributed by atoms with Gasteiger partial charge in [0, 0.05) is 32.2 Å². The van der Waals surface area contributed by atoms with Gasteiger partial charge in [-0.05, 0) is 37.8 Å². The van der Waals surface area contributed by atoms with Crippen LogP contribution in [0.2, 0.25) is 0 Å². The maximum absolute atomic E-state index is 9.96. The van der Waals surface area contributed by atoms with Gasteiger partial charge in [-0.2, -0.15) is 0 Å². The van der Waals surface area contributed by atoms with E-state index in [2.05, 4.69) is 23.6 Å². The van der Waals surface area contributed by atoms with Crippen molar-refractivity contribution in [2.75, 3.05) is 39.3 Å². The van der Waals surface area contributed by atoms with Crippen molar-refractivity contribution in [1.29, 1.82) is 0 Å². The molecular formula is C14H29N3O. The van der Waals surface area contributed by atoms with Crippen molar-refractivity contribution in [3.8, 4) is 0 Å². The highest BCUT2D eigenvalue weighted by molar-refractivity contribution is 4.83. The summed E-state index contributed by atoms with van der Waals surface area (Å²) in [5.74, 6) is 0.812. The zero-order valence-electron chi connectivity index (χ0n) is 11.9. The molecule has 2 saturated heterocycles. The molecular weight excluding hydrogens is 226 g/mol. The van der Waals surface area contributed by atoms with Crippen molar-refractivity contribution >= 4 is 0 Å². The smallest absolute Gasteiger partial charge is 0.0615 e. The molecule has 2 aliphatic heterocycles. The van der Waals surface area contributed by atoms with Gasteiger partial charge in [0.1, 0.15) is 0 Å². The molecule has 3 atom stereocenters. The summed E-state index contributed by atoms with van der Waals surface area (Å²) in [6, 6.07) is 0.423. The van der Waals surface area contributed by atoms with Gasteiger partial charge in [-0.15, -0.1) is 0 Å². The highest BCUT2D eigenvalue weighted by Crippen LogP contribution is 2.21. The van der Waals surface area contributed by atoms with Crippen LogP contribution in [0.15, 0.2) is 0 Å². The van der Waals surface area contributed by atoms with Crippen LogP contribution in [0.3, 0.4) is 0 Å². The zero-order chi connectivity index (χ0) is 13.1. The third kappa shape index (κ3) is 3.67. The van der Waals surface area contributed by atoms with Crippen LogP contribution in [0.25, 0.3) is 0 Å². The highest BCUT2D eigenvalue weighted by atomic mass is 16.3. The quantitative estimate of drug-likeness (QED) is 0.764. The number of nitrogens with zero attached hydrogens (tertiary/aromatic N) is 2. The number of aliphatic hydroxyl groups excluding tert-OH is 1. The molecule has 0 aromatic heterocycles. The maximum atomic E-state index is 9.96. The number of hydrogen-bond acceptors (Lipinski definition) is 4. The van der Waals surface area contributed by atoms with Crippen LogP contribution in [0.5, 0.6) is 0 Å². The SMILES string of the molecule is C[C@@H]1CN(CCN2CCC(N)CC2)C[C@H](C)[C@H]1O. The Hall–Kier alpha value is -0.160. The minimum atomic E-state index is -0.116. The Bertz CT molecular complexity index is 241. The highest BCUT2D eigenvalue weighted by Gasteiger charge is 2.30. The van der Waals surface area contributed by atoms with Crippen molar-refractivity contribution in [2.24, 2.45) is 17.6 Å². The number of piperidine rings is 2. The summed E-state index contributed by atoms with van der Waals surface area (Å²) in [7, 11) is 0. The van der Waals surface area contributed by atoms with E-state index in [1.54, 1.807) is 0 Å². The molecule has 18 heavy (non-hydrogen) atoms. The molecule has 3 N–H and O–H groups in total. The normalized spacial score (nSPS) is 37.0. The summed E-state index contributed by atoms with van der Waals surface area (Å²) in [6.07, 6.45) is 2.17. The lowest BCUT2D eigenvalue weighted by Crippen LogP contribution is -2.50. The van der Waals surface area contributed by atoms with Crippen LogP contribution < -0.4 is 5.73 Å². The van der Waals surface area contributed by atoms with Crippen molar-refractivity contribution in [1.82, 2.24) is 9.80 Å². The second kappa shape index (κ2) is 6.33. The van der Waals surface area contributed by atoms with Gasteiger partial charge in [-0.25, -0.2) is 0 Å². The molecule has 0 spiro atoms. The molecule has 0 amide bonds. The van der Waals surface area contributed by atoms with Gasteiger partial charge in [0.2, 0.25) is 0 Å². The number of likely N-dealkylation sites (tertiary alicyclic amines) is 2. The Balaban J connectivity index is 1.70. The first-order valence-electron chi connectivity index (χ1n) is 7.44. The minimum absolute atomic E-state index is 0.116. The molecule has 0 radical (unpaired) electrons. The van der Waals surface area contributed by atoms with Crippen molar-refractivity contribution in [2.45, 2.75) is 38.8 Å². The monoisotopic (exact) mass is 255 g/mol. The molecule has 106 valence electrons. The van der Waals surface area contributed by atoms with Crippen molar-refractivity contribution < 1.29 is 5.11 Å². The molecule has 2 rings (SSSR count). The standard InChI is InChI=1S/C14H29N3O/c1-11-9-17(10-12(2)14(11)18)8-7-16-5-3-13(15)4-6-16/h11-14,18H,3-10,15H2,1-2H3/t11-,12+,14+. The molecule has 0 aromatic rings. The first-order chi connectivity index (χ1) is 8.56. The summed E-state index contributed by atoms with van der Waals surface area (Å²) in [5.41, 5.74) is 5.92. The first-order valence-corrected chi connectivity index (χ1v) is 7.44. The molecule has 4 nitrogen and oxygen atoms in total. The predicted molar refractivity (Wildman–Crippen MR) is 74.4 cm³/mol. The van der Waals surface area contributed by atoms with Crippen LogP contribution in [0.1, 0.15) is 26.7 Å². The van der Waals surface area contributed by atoms with Crippen molar-refractivity contribution in [3.05, 3.63) is 0 Å². The topological polar surface area (TPSA) is 52.7 Å². The average molecular weight is 255 g/mol. The third-order valence-electron chi connectivity index (χ3n) is 4.62. The van der Waals surface area contributed by atoms with Gasteiger partial charge in [-0.3, -0.25) is 0 Å². The van der Waals surface area contributed by atoms with E-state index in [-0.39, 0.29) is 6.10 Å². The van der Waals surface area contributed by atoms with Crippen LogP contribution >= 0.6 is 0 Å². The molecule has 4 heteroatoms. The Morgan fingerprint density at radius 2 is 1.50 bits per heavy atom. The summed E-state index contributed by atoms with van der Waals surface area (Å²) in [6.45, 7) is 11.0. The largest absolute Gasteiger partial charge is 0.392 e. The van der Waals surface area contributed by atoms with E-state index in [1.807, 2.05) is 0 Å². The van der Waals surface area contributed by atoms with Gasteiger partial charge in [-0.1, -0.05) is 13.8 Å². The fourth-order valence-corrected chi connectivity index (χ4v) is 3.31. The van der Waals surface area contributed by atoms with E-state index in [4.69, 9.17) is 5.73 Å². The van der Waals surface area contributed by atoms with E-state index < -0.39 is 0 Å². The van der Waals surface area contributed by atoms with Gasteiger partial charge in [0.15, 0.2) is 0 Å². The minimum Gasteiger partial charge on any atom is -0.392 e. The molecule has 0 bridgehead atoms. The van der Waals surface area contributed by atoms with E-state index in [1.165, 1.54) is 0 Å². The molecule has 0 unspecified atom stereocenters. The van der Waals surface area contributed by atoms with Crippen LogP contribution in [-0.2, 0) is 0 Å². The first kappa shape index (κ1) is 14.3. The zero-order valence-corrected chi connectivity index (χ0v) is 11.9. The lowest BCUT2D eigenvalue weighted by atomic mass is 9.88. The molecule has 2 heterocycles. The van der Waals surface area contributed by atoms with Gasteiger partial charge < -0.3 is 20.6 Å². The van der Waals surface area contributed by atoms with E-state index >= 15 is 0 Å². The molecule has 0 saturated carbocycles. The van der Waals surface area contributed by atoms with Crippen LogP contribution in [0, 0.1) is 11.8 Å². The van der Waals surface area contributed by atoms with E-state index in [0.717, 1.165) is 52.1 Å². The third-order valence-corrected chi connectivity index (χ3v) is 4.62. The van der Waals surface area contributed by atoms with Gasteiger partial charge in [0.05, 0.1) is 6.10 Å². The molecule has 2 fully saturated rings. The molecule has 2 aliphatic rings. The Morgan fingerprint density at radius 3 is 2.06 bits per heavy atom. The van der Waals surface area contributed by atoms with Crippen LogP contribution in [-0.4, -0.2) is 66.3 Å². The lowest BCUT2D eigenvalue weighted by Gasteiger charge is -2.40. The lowest BCUT2D eigenvalue weighted by molar-refractivity contribution is -0.0108. The Kier molecular flexibility index (Phi) is 5.01. The van der Waals surface area contributed by atoms with Gasteiger partial charge >= 0.3 is 0 Å². The predicted octanol–water partition coefficient (Wildman–Crippen LogP) is 0.358. The summed E-state index contributed by atoms with van der Waals surface area (Å²) >= 11 is 0. The van der Waals surface area contributed by atoms with Gasteiger partial charge in [0.25, 0.3) is 0 Å². The van der Waals surface area contributed by atoms with Crippen molar-refractivity contribution in [3.63, 3.8) is 0 Å². The fraction of sp³-hybridized carbons (Fsp3) is 1.00. The molecule has 0 aromatic carbocycles. The summed E-state index contributed by atoms with van der Waals surface area (Å²) in [4.78, 5) is 5.04. The Morgan fingerprint density at radius 1 is 1.00 bits per heavy atom. The van der Waals surface area contributed by atoms with E-state index in [0.29, 0.717) is 17.9 Å². The van der Waals surface area contributed by atoms with E-state index in [9.17, 15) is 5.11 Å². The molecule has 0 aliphatic carbocycles. The summed E-state index contributed by atoms with van der Waals surface area (Å²) in [5, 5.41) is 9.96. The number of aliphatic hydroxyl groups is 1. The number of rotatable bonds is 3. The second-order valence-corrected chi connectivity index (χ2v) is 6.38. The number of nitrogens with two attached hydrogens (primary N) is 1.